The second kappa shape index (κ2) is 3.85. The Balaban J connectivity index is 1.72. The molecule has 0 unspecified atom stereocenters. The first-order chi connectivity index (χ1) is 7.67. The molecule has 3 rings (SSSR count). The van der Waals surface area contributed by atoms with Crippen LogP contribution in [0.1, 0.15) is 61.1 Å². The van der Waals surface area contributed by atoms with Crippen molar-refractivity contribution < 1.29 is 0 Å². The Bertz CT molecular complexity index is 370. The molecule has 0 spiro atoms. The monoisotopic (exact) mass is 235 g/mol. The number of rotatable bonds is 2. The van der Waals surface area contributed by atoms with E-state index in [1.807, 2.05) is 11.3 Å². The lowest BCUT2D eigenvalue weighted by atomic mass is 9.82. The predicted molar refractivity (Wildman–Crippen MR) is 69.8 cm³/mol. The van der Waals surface area contributed by atoms with Crippen molar-refractivity contribution in [2.45, 2.75) is 56.9 Å². The van der Waals surface area contributed by atoms with Crippen molar-refractivity contribution >= 4 is 11.3 Å². The molecule has 0 amide bonds. The summed E-state index contributed by atoms with van der Waals surface area (Å²) in [6, 6.07) is 4.62. The second-order valence-corrected chi connectivity index (χ2v) is 6.93. The maximum Gasteiger partial charge on any atom is 0.0505 e. The predicted octanol–water partition coefficient (Wildman–Crippen LogP) is 3.99. The van der Waals surface area contributed by atoms with Gasteiger partial charge in [0.1, 0.15) is 0 Å². The van der Waals surface area contributed by atoms with Gasteiger partial charge in [0, 0.05) is 9.75 Å². The second-order valence-electron chi connectivity index (χ2n) is 5.81. The lowest BCUT2D eigenvalue weighted by Gasteiger charge is -2.25. The van der Waals surface area contributed by atoms with Gasteiger partial charge >= 0.3 is 0 Å². The molecule has 2 heteroatoms. The Hall–Kier alpha value is -0.340. The van der Waals surface area contributed by atoms with Gasteiger partial charge in [0.15, 0.2) is 0 Å². The maximum atomic E-state index is 6.24. The molecule has 0 atom stereocenters. The van der Waals surface area contributed by atoms with Gasteiger partial charge in [0.25, 0.3) is 0 Å². The average molecular weight is 235 g/mol. The highest BCUT2D eigenvalue weighted by molar-refractivity contribution is 7.12. The van der Waals surface area contributed by atoms with Gasteiger partial charge in [0.05, 0.1) is 5.54 Å². The van der Waals surface area contributed by atoms with Crippen molar-refractivity contribution in [3.8, 4) is 0 Å². The number of nitrogens with two attached hydrogens (primary N) is 1. The molecule has 1 heterocycles. The Morgan fingerprint density at radius 3 is 2.50 bits per heavy atom. The maximum absolute atomic E-state index is 6.24. The molecule has 1 nitrogen and oxygen atoms in total. The van der Waals surface area contributed by atoms with Crippen LogP contribution in [0.2, 0.25) is 0 Å². The van der Waals surface area contributed by atoms with Gasteiger partial charge in [-0.05, 0) is 49.7 Å². The van der Waals surface area contributed by atoms with E-state index in [1.165, 1.54) is 43.4 Å². The third-order valence-corrected chi connectivity index (χ3v) is 5.79. The highest BCUT2D eigenvalue weighted by atomic mass is 32.1. The van der Waals surface area contributed by atoms with E-state index in [9.17, 15) is 0 Å². The van der Waals surface area contributed by atoms with E-state index < -0.39 is 0 Å². The van der Waals surface area contributed by atoms with Crippen molar-refractivity contribution in [2.24, 2.45) is 11.7 Å². The van der Waals surface area contributed by atoms with Gasteiger partial charge in [0.2, 0.25) is 0 Å². The summed E-state index contributed by atoms with van der Waals surface area (Å²) in [5, 5.41) is 0. The van der Waals surface area contributed by atoms with E-state index in [-0.39, 0.29) is 5.54 Å². The molecule has 0 radical (unpaired) electrons. The normalized spacial score (nSPS) is 32.6. The highest BCUT2D eigenvalue weighted by Crippen LogP contribution is 2.47. The van der Waals surface area contributed by atoms with Crippen LogP contribution >= 0.6 is 11.3 Å². The summed E-state index contributed by atoms with van der Waals surface area (Å²) < 4.78 is 0. The van der Waals surface area contributed by atoms with E-state index in [2.05, 4.69) is 19.1 Å². The summed E-state index contributed by atoms with van der Waals surface area (Å²) in [6.45, 7) is 2.38. The molecule has 2 N–H and O–H groups in total. The quantitative estimate of drug-likeness (QED) is 0.824. The average Bonchev–Trinajstić information content (AvgIpc) is 2.84. The van der Waals surface area contributed by atoms with Gasteiger partial charge < -0.3 is 5.73 Å². The standard InChI is InChI=1S/C14H21NS/c1-10-2-4-11(5-3-10)12-6-7-13(16-12)14(15)8-9-14/h6-7,10-11H,2-5,8-9,15H2,1H3. The lowest BCUT2D eigenvalue weighted by molar-refractivity contribution is 0.350. The van der Waals surface area contributed by atoms with Gasteiger partial charge in [-0.3, -0.25) is 0 Å². The van der Waals surface area contributed by atoms with Crippen molar-refractivity contribution in [2.75, 3.05) is 0 Å². The summed E-state index contributed by atoms with van der Waals surface area (Å²) in [5.74, 6) is 1.78. The Morgan fingerprint density at radius 1 is 1.19 bits per heavy atom. The van der Waals surface area contributed by atoms with E-state index >= 15 is 0 Å². The molecule has 0 aromatic carbocycles. The molecule has 0 bridgehead atoms. The molecule has 0 aliphatic heterocycles. The van der Waals surface area contributed by atoms with Crippen LogP contribution in [0.3, 0.4) is 0 Å². The molecule has 2 aliphatic carbocycles. The largest absolute Gasteiger partial charge is 0.321 e. The Labute approximate surface area is 102 Å². The third-order valence-electron chi connectivity index (χ3n) is 4.32. The van der Waals surface area contributed by atoms with Crippen molar-refractivity contribution in [3.05, 3.63) is 21.9 Å². The van der Waals surface area contributed by atoms with E-state index in [0.29, 0.717) is 0 Å². The van der Waals surface area contributed by atoms with Crippen LogP contribution in [-0.4, -0.2) is 0 Å². The minimum atomic E-state index is 0.0743. The first kappa shape index (κ1) is 10.8. The van der Waals surface area contributed by atoms with E-state index in [0.717, 1.165) is 11.8 Å². The van der Waals surface area contributed by atoms with Crippen LogP contribution in [0.4, 0.5) is 0 Å². The molecule has 88 valence electrons. The van der Waals surface area contributed by atoms with Crippen LogP contribution in [0, 0.1) is 5.92 Å². The van der Waals surface area contributed by atoms with E-state index in [1.54, 1.807) is 4.88 Å². The molecular weight excluding hydrogens is 214 g/mol. The van der Waals surface area contributed by atoms with Crippen LogP contribution in [0.25, 0.3) is 0 Å². The van der Waals surface area contributed by atoms with Crippen LogP contribution in [0.15, 0.2) is 12.1 Å². The third kappa shape index (κ3) is 1.93. The highest BCUT2D eigenvalue weighted by Gasteiger charge is 2.41. The summed E-state index contributed by atoms with van der Waals surface area (Å²) >= 11 is 1.99. The number of thiophene rings is 1. The fourth-order valence-corrected chi connectivity index (χ4v) is 4.10. The SMILES string of the molecule is CC1CCC(c2ccc(C3(N)CC3)s2)CC1. The smallest absolute Gasteiger partial charge is 0.0505 e. The topological polar surface area (TPSA) is 26.0 Å². The number of hydrogen-bond donors (Lipinski definition) is 1. The molecule has 2 fully saturated rings. The number of hydrogen-bond acceptors (Lipinski definition) is 2. The van der Waals surface area contributed by atoms with Crippen LogP contribution in [-0.2, 0) is 5.54 Å². The first-order valence-corrected chi connectivity index (χ1v) is 7.38. The molecule has 2 aliphatic rings. The van der Waals surface area contributed by atoms with Crippen molar-refractivity contribution in [1.82, 2.24) is 0 Å². The summed E-state index contributed by atoms with van der Waals surface area (Å²) in [7, 11) is 0. The van der Waals surface area contributed by atoms with Crippen LogP contribution < -0.4 is 5.73 Å². The molecule has 0 saturated heterocycles. The minimum Gasteiger partial charge on any atom is -0.321 e. The van der Waals surface area contributed by atoms with E-state index in [4.69, 9.17) is 5.73 Å². The molecule has 2 saturated carbocycles. The van der Waals surface area contributed by atoms with Gasteiger partial charge in [-0.15, -0.1) is 11.3 Å². The Kier molecular flexibility index (Phi) is 2.60. The first-order valence-electron chi connectivity index (χ1n) is 6.56. The molecule has 1 aromatic heterocycles. The zero-order chi connectivity index (χ0) is 11.2. The van der Waals surface area contributed by atoms with Gasteiger partial charge in [-0.2, -0.15) is 0 Å². The Morgan fingerprint density at radius 2 is 1.88 bits per heavy atom. The van der Waals surface area contributed by atoms with Gasteiger partial charge in [-0.25, -0.2) is 0 Å². The zero-order valence-corrected chi connectivity index (χ0v) is 10.9. The summed E-state index contributed by atoms with van der Waals surface area (Å²) in [4.78, 5) is 3.03. The summed E-state index contributed by atoms with van der Waals surface area (Å²) in [6.07, 6.45) is 7.97. The molecular formula is C14H21NS. The fraction of sp³-hybridized carbons (Fsp3) is 0.714. The molecule has 16 heavy (non-hydrogen) atoms. The molecule has 1 aromatic rings. The van der Waals surface area contributed by atoms with Crippen molar-refractivity contribution in [1.29, 1.82) is 0 Å². The van der Waals surface area contributed by atoms with Crippen molar-refractivity contribution in [3.63, 3.8) is 0 Å². The lowest BCUT2D eigenvalue weighted by Crippen LogP contribution is -2.16. The fourth-order valence-electron chi connectivity index (χ4n) is 2.77. The summed E-state index contributed by atoms with van der Waals surface area (Å²) in [5.41, 5.74) is 6.32. The minimum absolute atomic E-state index is 0.0743. The van der Waals surface area contributed by atoms with Crippen LogP contribution in [0.5, 0.6) is 0 Å². The van der Waals surface area contributed by atoms with Gasteiger partial charge in [-0.1, -0.05) is 19.8 Å². The zero-order valence-electron chi connectivity index (χ0n) is 10.0.